The summed E-state index contributed by atoms with van der Waals surface area (Å²) in [5.41, 5.74) is 10.8. The van der Waals surface area contributed by atoms with E-state index in [1.54, 1.807) is 0 Å². The van der Waals surface area contributed by atoms with Crippen LogP contribution in [0.15, 0.2) is 191 Å². The molecule has 0 spiro atoms. The Morgan fingerprint density at radius 1 is 0.526 bits per heavy atom. The van der Waals surface area contributed by atoms with Crippen molar-refractivity contribution < 1.29 is 4.42 Å². The van der Waals surface area contributed by atoms with Crippen LogP contribution in [-0.2, 0) is 0 Å². The number of nitrogens with one attached hydrogen (secondary N) is 2. The Morgan fingerprint density at radius 3 is 1.98 bits per heavy atom. The Balaban J connectivity index is 0.973. The van der Waals surface area contributed by atoms with E-state index in [-0.39, 0.29) is 12.3 Å². The molecule has 1 aliphatic rings. The van der Waals surface area contributed by atoms with Crippen molar-refractivity contribution >= 4 is 81.1 Å². The van der Waals surface area contributed by atoms with Crippen molar-refractivity contribution in [3.63, 3.8) is 0 Å². The summed E-state index contributed by atoms with van der Waals surface area (Å²) in [6, 6.07) is 64.9. The topological polar surface area (TPSA) is 54.5 Å². The van der Waals surface area contributed by atoms with Crippen LogP contribution in [0, 0.1) is 0 Å². The van der Waals surface area contributed by atoms with Crippen LogP contribution in [-0.4, -0.2) is 10.4 Å². The highest BCUT2D eigenvalue weighted by atomic mass is 32.1. The zero-order valence-electron chi connectivity index (χ0n) is 30.7. The molecule has 0 radical (unpaired) electrons. The van der Waals surface area contributed by atoms with Crippen molar-refractivity contribution in [1.29, 1.82) is 0 Å². The van der Waals surface area contributed by atoms with Crippen LogP contribution in [0.25, 0.3) is 80.7 Å². The minimum absolute atomic E-state index is 0.110. The molecule has 0 saturated carbocycles. The van der Waals surface area contributed by atoms with Crippen LogP contribution in [0.4, 0.5) is 0 Å². The number of benzene rings is 8. The smallest absolute Gasteiger partial charge is 0.143 e. The number of aromatic nitrogens is 1. The maximum absolute atomic E-state index is 6.88. The Hall–Kier alpha value is -6.99. The van der Waals surface area contributed by atoms with Crippen molar-refractivity contribution in [2.24, 2.45) is 4.99 Å². The van der Waals surface area contributed by atoms with Gasteiger partial charge in [-0.2, -0.15) is 0 Å². The number of para-hydroxylation sites is 3. The standard InChI is InChI=1S/C51H34N4OS/c1-3-13-31(14-4-1)49-52-50(32-15-5-2-6-16-32)54-51(53-49)33-25-27-37-39-20-11-21-40(48(39)56-44(37)29-33)38-19-12-24-45-47(38)41-28-26-34(30-46(41)57-45)55-42-22-9-7-17-35(42)36-18-8-10-23-43(36)55/h1-30,49-50,52H,(H,53,54). The molecule has 3 aromatic heterocycles. The SMILES string of the molecule is c1ccc(C2N=C(c3ccc4c(c3)oc3c(-c5cccc6sc7cc(-n8c9ccccc9c9ccccc98)ccc7c56)cccc34)NC(c3ccccc3)N2)cc1. The molecule has 4 heterocycles. The molecule has 0 aliphatic carbocycles. The van der Waals surface area contributed by atoms with Gasteiger partial charge in [-0.1, -0.05) is 140 Å². The van der Waals surface area contributed by atoms with Crippen LogP contribution in [0.5, 0.6) is 0 Å². The second kappa shape index (κ2) is 12.8. The lowest BCUT2D eigenvalue weighted by Crippen LogP contribution is -2.44. The molecule has 0 amide bonds. The Bertz CT molecular complexity index is 3320. The normalized spacial score (nSPS) is 15.9. The van der Waals surface area contributed by atoms with E-state index in [1.165, 1.54) is 53.2 Å². The fraction of sp³-hybridized carbons (Fsp3) is 0.0392. The summed E-state index contributed by atoms with van der Waals surface area (Å²) in [6.07, 6.45) is -0.314. The Kier molecular flexibility index (Phi) is 7.24. The second-order valence-corrected chi connectivity index (χ2v) is 15.9. The van der Waals surface area contributed by atoms with E-state index in [0.717, 1.165) is 50.0 Å². The van der Waals surface area contributed by atoms with Gasteiger partial charge in [0, 0.05) is 58.5 Å². The highest BCUT2D eigenvalue weighted by Gasteiger charge is 2.26. The molecule has 12 rings (SSSR count). The molecule has 0 bridgehead atoms. The molecule has 6 heteroatoms. The van der Waals surface area contributed by atoms with Crippen molar-refractivity contribution in [1.82, 2.24) is 15.2 Å². The molecule has 270 valence electrons. The molecule has 0 fully saturated rings. The first-order valence-corrected chi connectivity index (χ1v) is 20.2. The summed E-state index contributed by atoms with van der Waals surface area (Å²) in [5, 5.41) is 14.6. The molecule has 5 nitrogen and oxygen atoms in total. The molecule has 8 aromatic carbocycles. The van der Waals surface area contributed by atoms with Crippen LogP contribution in [0.3, 0.4) is 0 Å². The number of hydrogen-bond donors (Lipinski definition) is 2. The Labute approximate surface area is 332 Å². The number of amidine groups is 1. The molecular weight excluding hydrogens is 717 g/mol. The zero-order chi connectivity index (χ0) is 37.5. The highest BCUT2D eigenvalue weighted by Crippen LogP contribution is 2.45. The average Bonchev–Trinajstić information content (AvgIpc) is 3.96. The summed E-state index contributed by atoms with van der Waals surface area (Å²) in [4.78, 5) is 5.19. The number of furan rings is 1. The summed E-state index contributed by atoms with van der Waals surface area (Å²) in [6.45, 7) is 0. The van der Waals surface area contributed by atoms with Gasteiger partial charge >= 0.3 is 0 Å². The van der Waals surface area contributed by atoms with E-state index in [9.17, 15) is 0 Å². The number of hydrogen-bond acceptors (Lipinski definition) is 5. The number of nitrogens with zero attached hydrogens (tertiary/aromatic N) is 2. The second-order valence-electron chi connectivity index (χ2n) is 14.8. The zero-order valence-corrected chi connectivity index (χ0v) is 31.5. The van der Waals surface area contributed by atoms with E-state index in [4.69, 9.17) is 9.41 Å². The van der Waals surface area contributed by atoms with Crippen LogP contribution in [0.2, 0.25) is 0 Å². The molecule has 11 aromatic rings. The van der Waals surface area contributed by atoms with Gasteiger partial charge in [0.05, 0.1) is 11.0 Å². The molecule has 2 N–H and O–H groups in total. The number of aliphatic imine (C=N–C) groups is 1. The number of thiophene rings is 1. The van der Waals surface area contributed by atoms with Gasteiger partial charge in [0.1, 0.15) is 29.3 Å². The van der Waals surface area contributed by atoms with E-state index >= 15 is 0 Å². The minimum Gasteiger partial charge on any atom is -0.455 e. The van der Waals surface area contributed by atoms with Gasteiger partial charge in [-0.25, -0.2) is 4.99 Å². The average molecular weight is 751 g/mol. The Morgan fingerprint density at radius 2 is 1.19 bits per heavy atom. The summed E-state index contributed by atoms with van der Waals surface area (Å²) in [5.74, 6) is 0.828. The first-order valence-electron chi connectivity index (χ1n) is 19.4. The summed E-state index contributed by atoms with van der Waals surface area (Å²) < 4.78 is 11.8. The van der Waals surface area contributed by atoms with Crippen LogP contribution < -0.4 is 10.6 Å². The van der Waals surface area contributed by atoms with Crippen LogP contribution in [0.1, 0.15) is 29.0 Å². The monoisotopic (exact) mass is 750 g/mol. The fourth-order valence-electron chi connectivity index (χ4n) is 8.87. The van der Waals surface area contributed by atoms with Crippen molar-refractivity contribution in [2.45, 2.75) is 12.3 Å². The van der Waals surface area contributed by atoms with E-state index in [2.05, 4.69) is 185 Å². The first kappa shape index (κ1) is 32.3. The maximum atomic E-state index is 6.88. The fourth-order valence-corrected chi connectivity index (χ4v) is 10.0. The summed E-state index contributed by atoms with van der Waals surface area (Å²) >= 11 is 1.85. The predicted octanol–water partition coefficient (Wildman–Crippen LogP) is 13.1. The number of fused-ring (bicyclic) bond motifs is 9. The molecule has 0 saturated heterocycles. The van der Waals surface area contributed by atoms with Crippen molar-refractivity contribution in [2.75, 3.05) is 0 Å². The van der Waals surface area contributed by atoms with Crippen molar-refractivity contribution in [3.8, 4) is 16.8 Å². The van der Waals surface area contributed by atoms with Gasteiger partial charge < -0.3 is 14.3 Å². The lowest BCUT2D eigenvalue weighted by Gasteiger charge is -2.32. The molecule has 2 atom stereocenters. The van der Waals surface area contributed by atoms with Gasteiger partial charge in [-0.05, 0) is 59.2 Å². The molecule has 57 heavy (non-hydrogen) atoms. The predicted molar refractivity (Wildman–Crippen MR) is 238 cm³/mol. The largest absolute Gasteiger partial charge is 0.455 e. The number of rotatable bonds is 5. The molecular formula is C51H34N4OS. The van der Waals surface area contributed by atoms with Gasteiger partial charge in [-0.15, -0.1) is 11.3 Å². The van der Waals surface area contributed by atoms with Gasteiger partial charge in [0.15, 0.2) is 0 Å². The highest BCUT2D eigenvalue weighted by molar-refractivity contribution is 7.26. The van der Waals surface area contributed by atoms with Gasteiger partial charge in [-0.3, -0.25) is 5.32 Å². The lowest BCUT2D eigenvalue weighted by molar-refractivity contribution is 0.409. The van der Waals surface area contributed by atoms with Crippen LogP contribution >= 0.6 is 11.3 Å². The third-order valence-electron chi connectivity index (χ3n) is 11.5. The molecule has 1 aliphatic heterocycles. The van der Waals surface area contributed by atoms with E-state index < -0.39 is 0 Å². The first-order chi connectivity index (χ1) is 28.2. The minimum atomic E-state index is -0.204. The van der Waals surface area contributed by atoms with Crippen molar-refractivity contribution in [3.05, 3.63) is 199 Å². The van der Waals surface area contributed by atoms with Gasteiger partial charge in [0.2, 0.25) is 0 Å². The third-order valence-corrected chi connectivity index (χ3v) is 12.6. The van der Waals surface area contributed by atoms with Gasteiger partial charge in [0.25, 0.3) is 0 Å². The van der Waals surface area contributed by atoms with E-state index in [1.807, 2.05) is 23.5 Å². The molecule has 2 unspecified atom stereocenters. The maximum Gasteiger partial charge on any atom is 0.143 e. The summed E-state index contributed by atoms with van der Waals surface area (Å²) in [7, 11) is 0. The quantitative estimate of drug-likeness (QED) is 0.184. The lowest BCUT2D eigenvalue weighted by atomic mass is 9.97. The third kappa shape index (κ3) is 5.15. The van der Waals surface area contributed by atoms with E-state index in [0.29, 0.717) is 0 Å².